The predicted molar refractivity (Wildman–Crippen MR) is 121 cm³/mol. The molecule has 0 bridgehead atoms. The number of amides is 1. The monoisotopic (exact) mass is 448 g/mol. The summed E-state index contributed by atoms with van der Waals surface area (Å²) in [6.07, 6.45) is 0.971. The normalized spacial score (nSPS) is 12.5. The Balaban J connectivity index is 2.03. The highest BCUT2D eigenvalue weighted by atomic mass is 32.2. The van der Waals surface area contributed by atoms with Gasteiger partial charge in [0.2, 0.25) is 15.9 Å². The molecule has 7 nitrogen and oxygen atoms in total. The van der Waals surface area contributed by atoms with Gasteiger partial charge in [0.15, 0.2) is 11.5 Å². The molecule has 0 saturated carbocycles. The van der Waals surface area contributed by atoms with Crippen molar-refractivity contribution in [1.82, 2.24) is 10.0 Å². The van der Waals surface area contributed by atoms with Gasteiger partial charge in [-0.15, -0.1) is 0 Å². The first kappa shape index (κ1) is 24.7. The van der Waals surface area contributed by atoms with E-state index in [1.54, 1.807) is 38.5 Å². The second-order valence-corrected chi connectivity index (χ2v) is 9.56. The van der Waals surface area contributed by atoms with Crippen LogP contribution in [-0.4, -0.2) is 41.1 Å². The van der Waals surface area contributed by atoms with E-state index < -0.39 is 16.1 Å². The summed E-state index contributed by atoms with van der Waals surface area (Å²) in [5, 5.41) is 2.85. The van der Waals surface area contributed by atoms with Crippen molar-refractivity contribution in [2.45, 2.75) is 44.6 Å². The van der Waals surface area contributed by atoms with Crippen molar-refractivity contribution in [2.24, 2.45) is 5.92 Å². The highest BCUT2D eigenvalue weighted by Gasteiger charge is 2.26. The highest BCUT2D eigenvalue weighted by Crippen LogP contribution is 2.27. The highest BCUT2D eigenvalue weighted by molar-refractivity contribution is 7.89. The minimum absolute atomic E-state index is 0.141. The first-order chi connectivity index (χ1) is 14.7. The number of hydrogen-bond donors (Lipinski definition) is 2. The van der Waals surface area contributed by atoms with E-state index in [0.717, 1.165) is 11.1 Å². The van der Waals surface area contributed by atoms with Gasteiger partial charge in [-0.05, 0) is 55.5 Å². The van der Waals surface area contributed by atoms with E-state index in [-0.39, 0.29) is 16.7 Å². The molecule has 0 aromatic heterocycles. The Kier molecular flexibility index (Phi) is 8.88. The Morgan fingerprint density at radius 1 is 1.00 bits per heavy atom. The van der Waals surface area contributed by atoms with Crippen LogP contribution in [0.3, 0.4) is 0 Å². The lowest BCUT2D eigenvalue weighted by Crippen LogP contribution is -2.47. The molecule has 170 valence electrons. The van der Waals surface area contributed by atoms with Gasteiger partial charge >= 0.3 is 0 Å². The number of rotatable bonds is 11. The Morgan fingerprint density at radius 3 is 2.23 bits per heavy atom. The van der Waals surface area contributed by atoms with E-state index in [1.165, 1.54) is 0 Å². The van der Waals surface area contributed by atoms with Crippen molar-refractivity contribution < 1.29 is 22.7 Å². The molecule has 1 atom stereocenters. The summed E-state index contributed by atoms with van der Waals surface area (Å²) in [7, 11) is -0.659. The van der Waals surface area contributed by atoms with Gasteiger partial charge in [-0.25, -0.2) is 8.42 Å². The van der Waals surface area contributed by atoms with Gasteiger partial charge in [-0.3, -0.25) is 4.79 Å². The van der Waals surface area contributed by atoms with E-state index in [2.05, 4.69) is 10.0 Å². The third-order valence-electron chi connectivity index (χ3n) is 4.81. The fraction of sp³-hybridized carbons (Fsp3) is 0.435. The predicted octanol–water partition coefficient (Wildman–Crippen LogP) is 3.06. The van der Waals surface area contributed by atoms with Crippen molar-refractivity contribution in [3.63, 3.8) is 0 Å². The zero-order chi connectivity index (χ0) is 23.0. The minimum atomic E-state index is -3.80. The Bertz CT molecular complexity index is 972. The lowest BCUT2D eigenvalue weighted by molar-refractivity contribution is -0.123. The van der Waals surface area contributed by atoms with Crippen LogP contribution in [0, 0.1) is 12.8 Å². The average molecular weight is 449 g/mol. The first-order valence-corrected chi connectivity index (χ1v) is 11.7. The van der Waals surface area contributed by atoms with Crippen molar-refractivity contribution >= 4 is 15.9 Å². The molecule has 0 aliphatic rings. The van der Waals surface area contributed by atoms with Gasteiger partial charge in [-0.1, -0.05) is 37.6 Å². The summed E-state index contributed by atoms with van der Waals surface area (Å²) in [4.78, 5) is 12.9. The fourth-order valence-corrected chi connectivity index (χ4v) is 4.35. The van der Waals surface area contributed by atoms with Crippen LogP contribution in [0.25, 0.3) is 0 Å². The van der Waals surface area contributed by atoms with E-state index in [9.17, 15) is 13.2 Å². The quantitative estimate of drug-likeness (QED) is 0.551. The first-order valence-electron chi connectivity index (χ1n) is 10.2. The molecule has 0 spiro atoms. The molecule has 8 heteroatoms. The number of aryl methyl sites for hydroxylation is 1. The Hall–Kier alpha value is -2.58. The number of hydrogen-bond acceptors (Lipinski definition) is 5. The number of ether oxygens (including phenoxy) is 2. The maximum Gasteiger partial charge on any atom is 0.241 e. The van der Waals surface area contributed by atoms with E-state index in [1.807, 2.05) is 39.0 Å². The number of carbonyl (C=O) groups is 1. The van der Waals surface area contributed by atoms with Crippen LogP contribution >= 0.6 is 0 Å². The summed E-state index contributed by atoms with van der Waals surface area (Å²) in [6, 6.07) is 11.3. The molecule has 1 unspecified atom stereocenters. The molecule has 0 aliphatic heterocycles. The fourth-order valence-electron chi connectivity index (χ4n) is 3.14. The van der Waals surface area contributed by atoms with E-state index >= 15 is 0 Å². The molecular weight excluding hydrogens is 416 g/mol. The van der Waals surface area contributed by atoms with Crippen molar-refractivity contribution in [3.05, 3.63) is 53.6 Å². The van der Waals surface area contributed by atoms with Crippen LogP contribution in [0.2, 0.25) is 0 Å². The van der Waals surface area contributed by atoms with Crippen LogP contribution in [0.1, 0.15) is 31.4 Å². The summed E-state index contributed by atoms with van der Waals surface area (Å²) in [6.45, 7) is 6.15. The zero-order valence-corrected chi connectivity index (χ0v) is 19.6. The molecule has 0 heterocycles. The van der Waals surface area contributed by atoms with E-state index in [0.29, 0.717) is 30.9 Å². The van der Waals surface area contributed by atoms with Gasteiger partial charge < -0.3 is 14.8 Å². The zero-order valence-electron chi connectivity index (χ0n) is 18.8. The Morgan fingerprint density at radius 2 is 1.65 bits per heavy atom. The van der Waals surface area contributed by atoms with Gasteiger partial charge in [0, 0.05) is 6.54 Å². The largest absolute Gasteiger partial charge is 0.493 e. The van der Waals surface area contributed by atoms with Gasteiger partial charge in [0.05, 0.1) is 19.1 Å². The lowest BCUT2D eigenvalue weighted by Gasteiger charge is -2.20. The lowest BCUT2D eigenvalue weighted by atomic mass is 10.0. The van der Waals surface area contributed by atoms with Crippen LogP contribution in [0.15, 0.2) is 47.4 Å². The molecule has 0 radical (unpaired) electrons. The van der Waals surface area contributed by atoms with Gasteiger partial charge in [0.1, 0.15) is 6.04 Å². The molecule has 2 N–H and O–H groups in total. The minimum Gasteiger partial charge on any atom is -0.493 e. The van der Waals surface area contributed by atoms with Gasteiger partial charge in [0.25, 0.3) is 0 Å². The smallest absolute Gasteiger partial charge is 0.241 e. The molecule has 1 amide bonds. The number of benzene rings is 2. The maximum atomic E-state index is 12.8. The second-order valence-electron chi connectivity index (χ2n) is 7.85. The molecule has 2 aromatic rings. The standard InChI is InChI=1S/C23H32N2O5S/c1-16(2)14-20(25-31(27,28)19-9-6-17(3)7-10-19)23(26)24-13-12-18-8-11-21(29-4)22(15-18)30-5/h6-11,15-16,20,25H,12-14H2,1-5H3,(H,24,26). The summed E-state index contributed by atoms with van der Waals surface area (Å²) >= 11 is 0. The second kappa shape index (κ2) is 11.2. The molecule has 0 aliphatic carbocycles. The SMILES string of the molecule is COc1ccc(CCNC(=O)C(CC(C)C)NS(=O)(=O)c2ccc(C)cc2)cc1OC. The number of sulfonamides is 1. The van der Waals surface area contributed by atoms with Crippen molar-refractivity contribution in [2.75, 3.05) is 20.8 Å². The number of nitrogens with one attached hydrogen (secondary N) is 2. The third-order valence-corrected chi connectivity index (χ3v) is 6.30. The van der Waals surface area contributed by atoms with Crippen LogP contribution in [0.4, 0.5) is 0 Å². The summed E-state index contributed by atoms with van der Waals surface area (Å²) in [5.74, 6) is 1.06. The van der Waals surface area contributed by atoms with Crippen molar-refractivity contribution in [3.8, 4) is 11.5 Å². The third kappa shape index (κ3) is 7.25. The number of carbonyl (C=O) groups excluding carboxylic acids is 1. The molecule has 31 heavy (non-hydrogen) atoms. The van der Waals surface area contributed by atoms with Gasteiger partial charge in [-0.2, -0.15) is 4.72 Å². The summed E-state index contributed by atoms with van der Waals surface area (Å²) < 4.78 is 38.6. The molecular formula is C23H32N2O5S. The molecule has 2 aromatic carbocycles. The maximum absolute atomic E-state index is 12.8. The van der Waals surface area contributed by atoms with Crippen LogP contribution in [0.5, 0.6) is 11.5 Å². The van der Waals surface area contributed by atoms with E-state index in [4.69, 9.17) is 9.47 Å². The molecule has 2 rings (SSSR count). The molecule has 0 saturated heterocycles. The van der Waals surface area contributed by atoms with Crippen LogP contribution in [-0.2, 0) is 21.2 Å². The number of methoxy groups -OCH3 is 2. The topological polar surface area (TPSA) is 93.7 Å². The molecule has 0 fully saturated rings. The Labute approximate surface area is 185 Å². The average Bonchev–Trinajstić information content (AvgIpc) is 2.72. The summed E-state index contributed by atoms with van der Waals surface area (Å²) in [5.41, 5.74) is 1.93. The van der Waals surface area contributed by atoms with Crippen LogP contribution < -0.4 is 19.5 Å². The van der Waals surface area contributed by atoms with Crippen molar-refractivity contribution in [1.29, 1.82) is 0 Å².